The molecular formula is C12H12BrN3O2. The van der Waals surface area contributed by atoms with Crippen LogP contribution in [-0.2, 0) is 4.74 Å². The van der Waals surface area contributed by atoms with E-state index in [2.05, 4.69) is 31.3 Å². The van der Waals surface area contributed by atoms with Gasteiger partial charge in [-0.1, -0.05) is 28.1 Å². The molecule has 2 rings (SSSR count). The second-order valence-corrected chi connectivity index (χ2v) is 4.56. The van der Waals surface area contributed by atoms with Crippen molar-refractivity contribution in [2.45, 2.75) is 13.8 Å². The van der Waals surface area contributed by atoms with Crippen molar-refractivity contribution in [2.75, 3.05) is 6.61 Å². The third-order valence-electron chi connectivity index (χ3n) is 2.46. The van der Waals surface area contributed by atoms with E-state index >= 15 is 0 Å². The van der Waals surface area contributed by atoms with Crippen LogP contribution in [0.25, 0.3) is 11.3 Å². The van der Waals surface area contributed by atoms with Gasteiger partial charge in [-0.3, -0.25) is 0 Å². The number of benzene rings is 1. The van der Waals surface area contributed by atoms with Crippen molar-refractivity contribution in [2.24, 2.45) is 0 Å². The van der Waals surface area contributed by atoms with Crippen LogP contribution in [0, 0.1) is 6.92 Å². The number of aromatic nitrogens is 3. The Morgan fingerprint density at radius 1 is 1.44 bits per heavy atom. The van der Waals surface area contributed by atoms with E-state index in [1.165, 1.54) is 0 Å². The smallest absolute Gasteiger partial charge is 0.361 e. The molecule has 1 aromatic heterocycles. The fourth-order valence-corrected chi connectivity index (χ4v) is 1.89. The fraction of sp³-hybridized carbons (Fsp3) is 0.250. The van der Waals surface area contributed by atoms with Gasteiger partial charge in [0.2, 0.25) is 0 Å². The molecule has 0 aliphatic carbocycles. The molecule has 0 aliphatic rings. The predicted molar refractivity (Wildman–Crippen MR) is 70.2 cm³/mol. The standard InChI is InChI=1S/C12H12BrN3O2/c1-3-18-12(17)11-10(14-16-15-11)8-5-4-7(2)9(13)6-8/h4-6H,3H2,1-2H3,(H,14,15,16). The minimum absolute atomic E-state index is 0.201. The second kappa shape index (κ2) is 5.30. The summed E-state index contributed by atoms with van der Waals surface area (Å²) in [6, 6.07) is 5.74. The number of H-pyrrole nitrogens is 1. The molecule has 18 heavy (non-hydrogen) atoms. The maximum absolute atomic E-state index is 11.7. The van der Waals surface area contributed by atoms with Gasteiger partial charge in [-0.2, -0.15) is 10.3 Å². The first-order valence-electron chi connectivity index (χ1n) is 5.48. The van der Waals surface area contributed by atoms with Gasteiger partial charge >= 0.3 is 5.97 Å². The SMILES string of the molecule is CCOC(=O)c1n[nH]nc1-c1ccc(C)c(Br)c1. The number of nitrogens with one attached hydrogen (secondary N) is 1. The predicted octanol–water partition coefficient (Wildman–Crippen LogP) is 2.72. The summed E-state index contributed by atoms with van der Waals surface area (Å²) in [5, 5.41) is 10.3. The molecular weight excluding hydrogens is 298 g/mol. The van der Waals surface area contributed by atoms with Crippen LogP contribution in [0.4, 0.5) is 0 Å². The summed E-state index contributed by atoms with van der Waals surface area (Å²) in [6.45, 7) is 4.05. The highest BCUT2D eigenvalue weighted by atomic mass is 79.9. The van der Waals surface area contributed by atoms with E-state index in [1.807, 2.05) is 25.1 Å². The van der Waals surface area contributed by atoms with Gasteiger partial charge in [0.25, 0.3) is 0 Å². The molecule has 0 atom stereocenters. The normalized spacial score (nSPS) is 10.4. The Morgan fingerprint density at radius 2 is 2.22 bits per heavy atom. The molecule has 0 saturated heterocycles. The highest BCUT2D eigenvalue weighted by Gasteiger charge is 2.19. The molecule has 1 N–H and O–H groups in total. The van der Waals surface area contributed by atoms with Crippen molar-refractivity contribution in [3.05, 3.63) is 33.9 Å². The summed E-state index contributed by atoms with van der Waals surface area (Å²) >= 11 is 3.45. The van der Waals surface area contributed by atoms with E-state index in [-0.39, 0.29) is 5.69 Å². The van der Waals surface area contributed by atoms with Crippen LogP contribution in [0.2, 0.25) is 0 Å². The van der Waals surface area contributed by atoms with Gasteiger partial charge in [-0.25, -0.2) is 4.79 Å². The number of aryl methyl sites for hydroxylation is 1. The lowest BCUT2D eigenvalue weighted by molar-refractivity contribution is 0.0520. The topological polar surface area (TPSA) is 67.9 Å². The van der Waals surface area contributed by atoms with E-state index in [1.54, 1.807) is 6.92 Å². The number of halogens is 1. The van der Waals surface area contributed by atoms with Gasteiger partial charge in [-0.15, -0.1) is 5.10 Å². The van der Waals surface area contributed by atoms with Crippen molar-refractivity contribution in [3.8, 4) is 11.3 Å². The Kier molecular flexibility index (Phi) is 3.76. The zero-order valence-electron chi connectivity index (χ0n) is 10.0. The summed E-state index contributed by atoms with van der Waals surface area (Å²) in [7, 11) is 0. The van der Waals surface area contributed by atoms with Crippen LogP contribution >= 0.6 is 15.9 Å². The summed E-state index contributed by atoms with van der Waals surface area (Å²) in [6.07, 6.45) is 0. The zero-order chi connectivity index (χ0) is 13.1. The van der Waals surface area contributed by atoms with Crippen molar-refractivity contribution in [1.29, 1.82) is 0 Å². The first-order valence-corrected chi connectivity index (χ1v) is 6.27. The Bertz CT molecular complexity index is 580. The van der Waals surface area contributed by atoms with Crippen LogP contribution in [0.15, 0.2) is 22.7 Å². The Hall–Kier alpha value is -1.69. The third-order valence-corrected chi connectivity index (χ3v) is 3.32. The lowest BCUT2D eigenvalue weighted by Crippen LogP contribution is -2.06. The molecule has 0 amide bonds. The lowest BCUT2D eigenvalue weighted by atomic mass is 10.1. The average Bonchev–Trinajstić information content (AvgIpc) is 2.82. The number of aromatic amines is 1. The lowest BCUT2D eigenvalue weighted by Gasteiger charge is -2.03. The van der Waals surface area contributed by atoms with E-state index in [0.29, 0.717) is 12.3 Å². The molecule has 0 fully saturated rings. The molecule has 94 valence electrons. The quantitative estimate of drug-likeness (QED) is 0.885. The molecule has 5 nitrogen and oxygen atoms in total. The van der Waals surface area contributed by atoms with Crippen molar-refractivity contribution in [1.82, 2.24) is 15.4 Å². The van der Waals surface area contributed by atoms with Crippen LogP contribution < -0.4 is 0 Å². The molecule has 1 heterocycles. The second-order valence-electron chi connectivity index (χ2n) is 3.71. The zero-order valence-corrected chi connectivity index (χ0v) is 11.6. The minimum Gasteiger partial charge on any atom is -0.461 e. The van der Waals surface area contributed by atoms with Crippen molar-refractivity contribution < 1.29 is 9.53 Å². The van der Waals surface area contributed by atoms with Crippen LogP contribution in [0.1, 0.15) is 23.0 Å². The maximum atomic E-state index is 11.7. The number of esters is 1. The Balaban J connectivity index is 2.42. The molecule has 2 aromatic rings. The summed E-state index contributed by atoms with van der Waals surface area (Å²) < 4.78 is 5.89. The van der Waals surface area contributed by atoms with Crippen LogP contribution in [0.3, 0.4) is 0 Å². The molecule has 0 aliphatic heterocycles. The molecule has 6 heteroatoms. The molecule has 0 spiro atoms. The highest BCUT2D eigenvalue weighted by molar-refractivity contribution is 9.10. The maximum Gasteiger partial charge on any atom is 0.361 e. The van der Waals surface area contributed by atoms with Gasteiger partial charge in [-0.05, 0) is 25.5 Å². The molecule has 0 unspecified atom stereocenters. The van der Waals surface area contributed by atoms with Crippen molar-refractivity contribution >= 4 is 21.9 Å². The minimum atomic E-state index is -0.474. The van der Waals surface area contributed by atoms with Gasteiger partial charge in [0.05, 0.1) is 6.61 Å². The van der Waals surface area contributed by atoms with Crippen LogP contribution in [0.5, 0.6) is 0 Å². The number of hydrogen-bond acceptors (Lipinski definition) is 4. The van der Waals surface area contributed by atoms with E-state index in [4.69, 9.17) is 4.74 Å². The molecule has 0 radical (unpaired) electrons. The van der Waals surface area contributed by atoms with Gasteiger partial charge < -0.3 is 4.74 Å². The Labute approximate surface area is 113 Å². The molecule has 0 saturated carbocycles. The Morgan fingerprint density at radius 3 is 2.89 bits per heavy atom. The number of nitrogens with zero attached hydrogens (tertiary/aromatic N) is 2. The highest BCUT2D eigenvalue weighted by Crippen LogP contribution is 2.26. The number of hydrogen-bond donors (Lipinski definition) is 1. The summed E-state index contributed by atoms with van der Waals surface area (Å²) in [5.74, 6) is -0.474. The molecule has 0 bridgehead atoms. The third kappa shape index (κ3) is 2.43. The first kappa shape index (κ1) is 12.8. The number of carbonyl (C=O) groups excluding carboxylic acids is 1. The monoisotopic (exact) mass is 309 g/mol. The van der Waals surface area contributed by atoms with Crippen LogP contribution in [-0.4, -0.2) is 28.0 Å². The van der Waals surface area contributed by atoms with Gasteiger partial charge in [0.15, 0.2) is 5.69 Å². The number of carbonyl (C=O) groups is 1. The van der Waals surface area contributed by atoms with E-state index < -0.39 is 5.97 Å². The number of ether oxygens (including phenoxy) is 1. The first-order chi connectivity index (χ1) is 8.63. The van der Waals surface area contributed by atoms with Crippen molar-refractivity contribution in [3.63, 3.8) is 0 Å². The average molecular weight is 310 g/mol. The molecule has 1 aromatic carbocycles. The number of rotatable bonds is 3. The van der Waals surface area contributed by atoms with E-state index in [0.717, 1.165) is 15.6 Å². The van der Waals surface area contributed by atoms with Gasteiger partial charge in [0.1, 0.15) is 5.69 Å². The summed E-state index contributed by atoms with van der Waals surface area (Å²) in [4.78, 5) is 11.7. The van der Waals surface area contributed by atoms with Gasteiger partial charge in [0, 0.05) is 10.0 Å². The largest absolute Gasteiger partial charge is 0.461 e. The van der Waals surface area contributed by atoms with E-state index in [9.17, 15) is 4.79 Å². The fourth-order valence-electron chi connectivity index (χ4n) is 1.51. The summed E-state index contributed by atoms with van der Waals surface area (Å²) in [5.41, 5.74) is 2.62.